The zero-order valence-electron chi connectivity index (χ0n) is 21.1. The zero-order valence-corrected chi connectivity index (χ0v) is 21.9. The molecule has 11 heteroatoms. The number of carbonyl (C=O) groups excluding carboxylic acids is 3. The number of ketones is 1. The van der Waals surface area contributed by atoms with Gasteiger partial charge in [-0.25, -0.2) is 4.98 Å². The minimum absolute atomic E-state index is 0.0324. The van der Waals surface area contributed by atoms with Crippen LogP contribution in [0.5, 0.6) is 0 Å². The van der Waals surface area contributed by atoms with Crippen molar-refractivity contribution < 1.29 is 14.4 Å². The first-order valence-corrected chi connectivity index (χ1v) is 13.5. The van der Waals surface area contributed by atoms with Gasteiger partial charge in [-0.1, -0.05) is 42.5 Å². The molecule has 1 fully saturated rings. The van der Waals surface area contributed by atoms with Crippen LogP contribution in [0.2, 0.25) is 0 Å². The lowest BCUT2D eigenvalue weighted by atomic mass is 10.0. The molecule has 10 nitrogen and oxygen atoms in total. The molecule has 0 unspecified atom stereocenters. The molecule has 3 aromatic rings. The number of fused-ring (bicyclic) bond motifs is 1. The molecule has 0 radical (unpaired) electrons. The topological polar surface area (TPSA) is 170 Å². The number of Topliss-reactive ketones (excluding diaryl/α,β-unsaturated/α-hetero) is 1. The Kier molecular flexibility index (Phi) is 9.03. The van der Waals surface area contributed by atoms with Crippen LogP contribution in [0.1, 0.15) is 41.0 Å². The second kappa shape index (κ2) is 12.6. The number of nitrogens with zero attached hydrogens (tertiary/aromatic N) is 3. The minimum Gasteiger partial charge on any atom is -0.370 e. The number of likely N-dealkylation sites (tertiary alicyclic amines) is 1. The number of nitrogens with one attached hydrogen (secondary N) is 1. The first-order chi connectivity index (χ1) is 18.3. The van der Waals surface area contributed by atoms with Crippen LogP contribution < -0.4 is 22.5 Å². The number of aromatic nitrogens is 1. The summed E-state index contributed by atoms with van der Waals surface area (Å²) in [6, 6.07) is 14.8. The number of amides is 2. The molecule has 2 heterocycles. The highest BCUT2D eigenvalue weighted by Gasteiger charge is 2.37. The molecule has 1 saturated heterocycles. The quantitative estimate of drug-likeness (QED) is 0.125. The van der Waals surface area contributed by atoms with E-state index in [0.717, 1.165) is 15.8 Å². The molecule has 0 saturated carbocycles. The number of rotatable bonds is 11. The monoisotopic (exact) mass is 535 g/mol. The molecular weight excluding hydrogens is 502 g/mol. The highest BCUT2D eigenvalue weighted by Crippen LogP contribution is 2.24. The van der Waals surface area contributed by atoms with Crippen molar-refractivity contribution in [1.29, 1.82) is 0 Å². The van der Waals surface area contributed by atoms with Gasteiger partial charge in [0.05, 0.1) is 22.3 Å². The van der Waals surface area contributed by atoms with E-state index in [2.05, 4.69) is 15.3 Å². The van der Waals surface area contributed by atoms with Crippen LogP contribution in [-0.2, 0) is 16.0 Å². The Labute approximate surface area is 225 Å². The van der Waals surface area contributed by atoms with Crippen LogP contribution in [0.4, 0.5) is 0 Å². The van der Waals surface area contributed by atoms with Gasteiger partial charge in [0, 0.05) is 13.1 Å². The fraction of sp³-hybridized carbons (Fsp3) is 0.370. The van der Waals surface area contributed by atoms with Gasteiger partial charge in [0.25, 0.3) is 0 Å². The van der Waals surface area contributed by atoms with Crippen molar-refractivity contribution in [1.82, 2.24) is 15.2 Å². The third-order valence-electron chi connectivity index (χ3n) is 6.54. The van der Waals surface area contributed by atoms with E-state index in [4.69, 9.17) is 17.2 Å². The van der Waals surface area contributed by atoms with E-state index in [1.807, 2.05) is 54.6 Å². The summed E-state index contributed by atoms with van der Waals surface area (Å²) < 4.78 is 0.890. The van der Waals surface area contributed by atoms with Crippen LogP contribution in [-0.4, -0.2) is 64.7 Å². The van der Waals surface area contributed by atoms with E-state index in [0.29, 0.717) is 50.2 Å². The fourth-order valence-electron chi connectivity index (χ4n) is 4.64. The molecule has 1 aliphatic rings. The molecule has 0 spiro atoms. The summed E-state index contributed by atoms with van der Waals surface area (Å²) in [7, 11) is 0. The van der Waals surface area contributed by atoms with Crippen molar-refractivity contribution in [2.75, 3.05) is 13.1 Å². The van der Waals surface area contributed by atoms with Gasteiger partial charge in [-0.2, -0.15) is 0 Å². The molecule has 0 bridgehead atoms. The maximum absolute atomic E-state index is 13.5. The highest BCUT2D eigenvalue weighted by molar-refractivity contribution is 7.20. The summed E-state index contributed by atoms with van der Waals surface area (Å²) in [6.07, 6.45) is 2.38. The average Bonchev–Trinajstić information content (AvgIpc) is 3.57. The second-order valence-corrected chi connectivity index (χ2v) is 10.4. The van der Waals surface area contributed by atoms with E-state index < -0.39 is 18.1 Å². The summed E-state index contributed by atoms with van der Waals surface area (Å²) in [5.74, 6) is -0.951. The second-order valence-electron chi connectivity index (χ2n) is 9.35. The van der Waals surface area contributed by atoms with Crippen LogP contribution in [0, 0.1) is 0 Å². The first-order valence-electron chi connectivity index (χ1n) is 12.7. The summed E-state index contributed by atoms with van der Waals surface area (Å²) >= 11 is 1.29. The van der Waals surface area contributed by atoms with Crippen LogP contribution >= 0.6 is 11.3 Å². The van der Waals surface area contributed by atoms with Crippen molar-refractivity contribution in [2.24, 2.45) is 22.2 Å². The Hall–Kier alpha value is -3.83. The largest absolute Gasteiger partial charge is 0.370 e. The molecular formula is C27H33N7O3S. The molecule has 2 amide bonds. The molecule has 7 N–H and O–H groups in total. The number of thiazole rings is 1. The normalized spacial score (nSPS) is 16.7. The van der Waals surface area contributed by atoms with Gasteiger partial charge < -0.3 is 27.4 Å². The number of guanidine groups is 1. The van der Waals surface area contributed by atoms with Crippen molar-refractivity contribution in [2.45, 2.75) is 50.2 Å². The Morgan fingerprint density at radius 3 is 2.58 bits per heavy atom. The Morgan fingerprint density at radius 2 is 1.84 bits per heavy atom. The van der Waals surface area contributed by atoms with E-state index in [1.165, 1.54) is 11.3 Å². The first kappa shape index (κ1) is 27.2. The predicted molar refractivity (Wildman–Crippen MR) is 149 cm³/mol. The predicted octanol–water partition coefficient (Wildman–Crippen LogP) is 1.58. The van der Waals surface area contributed by atoms with Crippen LogP contribution in [0.15, 0.2) is 59.6 Å². The number of carbonyl (C=O) groups is 3. The van der Waals surface area contributed by atoms with E-state index >= 15 is 0 Å². The number of nitrogens with two attached hydrogens (primary N) is 3. The number of benzene rings is 2. The molecule has 200 valence electrons. The zero-order chi connectivity index (χ0) is 27.1. The molecule has 0 aliphatic carbocycles. The fourth-order valence-corrected chi connectivity index (χ4v) is 5.60. The smallest absolute Gasteiger partial charge is 0.243 e. The molecule has 2 aromatic carbocycles. The van der Waals surface area contributed by atoms with Gasteiger partial charge in [0.1, 0.15) is 6.04 Å². The van der Waals surface area contributed by atoms with Gasteiger partial charge in [-0.3, -0.25) is 19.4 Å². The molecule has 1 aliphatic heterocycles. The van der Waals surface area contributed by atoms with Gasteiger partial charge in [0.15, 0.2) is 11.0 Å². The van der Waals surface area contributed by atoms with E-state index in [1.54, 1.807) is 4.90 Å². The van der Waals surface area contributed by atoms with Gasteiger partial charge >= 0.3 is 0 Å². The van der Waals surface area contributed by atoms with Gasteiger partial charge in [-0.15, -0.1) is 11.3 Å². The maximum Gasteiger partial charge on any atom is 0.243 e. The third kappa shape index (κ3) is 6.73. The summed E-state index contributed by atoms with van der Waals surface area (Å²) in [4.78, 5) is 50.1. The number of aliphatic imine (C=N–C) groups is 1. The van der Waals surface area contributed by atoms with Crippen LogP contribution in [0.25, 0.3) is 10.2 Å². The SMILES string of the molecule is NC(N)=NCCC[C@H](NC(=O)[C@@H]1CCCN1C(=O)[C@H](N)Cc1ccccc1)C(=O)c1nc2ccccc2s1. The van der Waals surface area contributed by atoms with E-state index in [9.17, 15) is 14.4 Å². The number of hydrogen-bond donors (Lipinski definition) is 4. The Morgan fingerprint density at radius 1 is 1.11 bits per heavy atom. The molecule has 4 rings (SSSR count). The van der Waals surface area contributed by atoms with Gasteiger partial charge in [-0.05, 0) is 49.8 Å². The number of para-hydroxylation sites is 1. The molecule has 38 heavy (non-hydrogen) atoms. The third-order valence-corrected chi connectivity index (χ3v) is 7.59. The Balaban J connectivity index is 1.46. The highest BCUT2D eigenvalue weighted by atomic mass is 32.1. The minimum atomic E-state index is -0.826. The maximum atomic E-state index is 13.5. The lowest BCUT2D eigenvalue weighted by molar-refractivity contribution is -0.139. The Bertz CT molecular complexity index is 1270. The van der Waals surface area contributed by atoms with Crippen molar-refractivity contribution in [3.63, 3.8) is 0 Å². The summed E-state index contributed by atoms with van der Waals surface area (Å²) in [5.41, 5.74) is 18.8. The molecule has 3 atom stereocenters. The van der Waals surface area contributed by atoms with Crippen molar-refractivity contribution >= 4 is 45.1 Å². The molecule has 1 aromatic heterocycles. The van der Waals surface area contributed by atoms with Crippen molar-refractivity contribution in [3.8, 4) is 0 Å². The van der Waals surface area contributed by atoms with E-state index in [-0.39, 0.29) is 23.6 Å². The lowest BCUT2D eigenvalue weighted by Crippen LogP contribution is -2.54. The number of hydrogen-bond acceptors (Lipinski definition) is 7. The summed E-state index contributed by atoms with van der Waals surface area (Å²) in [6.45, 7) is 0.768. The van der Waals surface area contributed by atoms with Crippen LogP contribution in [0.3, 0.4) is 0 Å². The van der Waals surface area contributed by atoms with Crippen molar-refractivity contribution in [3.05, 3.63) is 65.2 Å². The summed E-state index contributed by atoms with van der Waals surface area (Å²) in [5, 5.41) is 3.22. The van der Waals surface area contributed by atoms with Gasteiger partial charge in [0.2, 0.25) is 17.6 Å². The standard InChI is InChI=1S/C27H33N7O3S/c28-18(16-17-8-2-1-3-9-17)26(37)34-15-7-12-21(34)24(36)32-20(11-6-14-31-27(29)30)23(35)25-33-19-10-4-5-13-22(19)38-25/h1-5,8-10,13,18,20-21H,6-7,11-12,14-16,28H2,(H,32,36)(H4,29,30,31)/t18-,20+,21+/m1/s1. The lowest BCUT2D eigenvalue weighted by Gasteiger charge is -2.28. The average molecular weight is 536 g/mol.